The minimum Gasteiger partial charge on any atom is -0.341 e. The standard InChI is InChI=1S/C19H16Cl2N2O2/c20-15-7-5-14(6-8-15)19(12-23-10-9-22-13-23)24-11-18(25-19)16-3-1-2-4-17(16)21/h1-10,13,18H,11-12H2. The summed E-state index contributed by atoms with van der Waals surface area (Å²) in [6.07, 6.45) is 5.11. The molecule has 1 aliphatic heterocycles. The van der Waals surface area contributed by atoms with E-state index in [2.05, 4.69) is 4.98 Å². The Morgan fingerprint density at radius 3 is 2.64 bits per heavy atom. The van der Waals surface area contributed by atoms with E-state index in [-0.39, 0.29) is 6.10 Å². The highest BCUT2D eigenvalue weighted by molar-refractivity contribution is 6.31. The zero-order valence-electron chi connectivity index (χ0n) is 13.3. The van der Waals surface area contributed by atoms with Crippen LogP contribution < -0.4 is 0 Å². The van der Waals surface area contributed by atoms with E-state index in [0.29, 0.717) is 23.2 Å². The van der Waals surface area contributed by atoms with E-state index in [1.807, 2.05) is 59.3 Å². The van der Waals surface area contributed by atoms with Crippen molar-refractivity contribution in [3.05, 3.63) is 88.4 Å². The summed E-state index contributed by atoms with van der Waals surface area (Å²) in [5.41, 5.74) is 1.82. The summed E-state index contributed by atoms with van der Waals surface area (Å²) in [4.78, 5) is 4.10. The Bertz CT molecular complexity index is 852. The van der Waals surface area contributed by atoms with Crippen molar-refractivity contribution >= 4 is 23.2 Å². The highest BCUT2D eigenvalue weighted by Crippen LogP contribution is 2.43. The van der Waals surface area contributed by atoms with E-state index in [9.17, 15) is 0 Å². The summed E-state index contributed by atoms with van der Waals surface area (Å²) in [6.45, 7) is 0.899. The average molecular weight is 375 g/mol. The van der Waals surface area contributed by atoms with Gasteiger partial charge in [0.15, 0.2) is 0 Å². The largest absolute Gasteiger partial charge is 0.341 e. The topological polar surface area (TPSA) is 36.3 Å². The molecule has 25 heavy (non-hydrogen) atoms. The number of benzene rings is 2. The lowest BCUT2D eigenvalue weighted by Crippen LogP contribution is -2.32. The Morgan fingerprint density at radius 2 is 1.92 bits per heavy atom. The molecule has 4 rings (SSSR count). The third-order valence-electron chi connectivity index (χ3n) is 4.29. The van der Waals surface area contributed by atoms with Crippen LogP contribution in [0.1, 0.15) is 17.2 Å². The first kappa shape index (κ1) is 16.6. The van der Waals surface area contributed by atoms with Crippen molar-refractivity contribution in [2.75, 3.05) is 6.61 Å². The highest BCUT2D eigenvalue weighted by atomic mass is 35.5. The van der Waals surface area contributed by atoms with Gasteiger partial charge in [-0.1, -0.05) is 53.5 Å². The second-order valence-corrected chi connectivity index (χ2v) is 6.78. The first-order valence-electron chi connectivity index (χ1n) is 7.94. The molecule has 0 N–H and O–H groups in total. The number of aromatic nitrogens is 2. The van der Waals surface area contributed by atoms with Crippen LogP contribution in [0.25, 0.3) is 0 Å². The summed E-state index contributed by atoms with van der Waals surface area (Å²) in [5.74, 6) is -0.922. The number of rotatable bonds is 4. The van der Waals surface area contributed by atoms with Gasteiger partial charge < -0.3 is 14.0 Å². The van der Waals surface area contributed by atoms with Gasteiger partial charge in [-0.3, -0.25) is 0 Å². The van der Waals surface area contributed by atoms with Crippen LogP contribution in [0.4, 0.5) is 0 Å². The number of ether oxygens (including phenoxy) is 2. The Kier molecular flexibility index (Phi) is 4.52. The van der Waals surface area contributed by atoms with E-state index in [1.165, 1.54) is 0 Å². The summed E-state index contributed by atoms with van der Waals surface area (Å²) >= 11 is 12.4. The molecule has 128 valence electrons. The molecule has 1 saturated heterocycles. The predicted octanol–water partition coefficient (Wildman–Crippen LogP) is 4.83. The van der Waals surface area contributed by atoms with Gasteiger partial charge in [0.05, 0.1) is 19.5 Å². The van der Waals surface area contributed by atoms with Crippen molar-refractivity contribution in [3.63, 3.8) is 0 Å². The molecule has 0 amide bonds. The molecular weight excluding hydrogens is 359 g/mol. The monoisotopic (exact) mass is 374 g/mol. The number of imidazole rings is 1. The van der Waals surface area contributed by atoms with Gasteiger partial charge in [0.1, 0.15) is 6.10 Å². The lowest BCUT2D eigenvalue weighted by Gasteiger charge is -2.29. The summed E-state index contributed by atoms with van der Waals surface area (Å²) in [6, 6.07) is 15.2. The fourth-order valence-electron chi connectivity index (χ4n) is 3.05. The molecule has 4 nitrogen and oxygen atoms in total. The summed E-state index contributed by atoms with van der Waals surface area (Å²) in [7, 11) is 0. The van der Waals surface area contributed by atoms with Gasteiger partial charge in [-0.15, -0.1) is 0 Å². The van der Waals surface area contributed by atoms with Gasteiger partial charge in [0, 0.05) is 33.6 Å². The van der Waals surface area contributed by atoms with Crippen molar-refractivity contribution in [3.8, 4) is 0 Å². The van der Waals surface area contributed by atoms with E-state index in [0.717, 1.165) is 11.1 Å². The first-order valence-corrected chi connectivity index (χ1v) is 8.70. The zero-order chi connectivity index (χ0) is 17.3. The average Bonchev–Trinajstić information content (AvgIpc) is 3.27. The third kappa shape index (κ3) is 3.31. The molecule has 0 saturated carbocycles. The maximum atomic E-state index is 6.42. The first-order chi connectivity index (χ1) is 12.2. The minimum atomic E-state index is -0.922. The van der Waals surface area contributed by atoms with Crippen LogP contribution in [-0.2, 0) is 21.8 Å². The Hall–Kier alpha value is -1.85. The molecule has 0 bridgehead atoms. The number of hydrogen-bond donors (Lipinski definition) is 0. The van der Waals surface area contributed by atoms with Gasteiger partial charge in [-0.2, -0.15) is 0 Å². The molecule has 3 aromatic rings. The van der Waals surface area contributed by atoms with Crippen LogP contribution in [-0.4, -0.2) is 16.2 Å². The quantitative estimate of drug-likeness (QED) is 0.655. The van der Waals surface area contributed by atoms with Crippen molar-refractivity contribution in [1.29, 1.82) is 0 Å². The van der Waals surface area contributed by atoms with Gasteiger partial charge in [0.25, 0.3) is 0 Å². The zero-order valence-corrected chi connectivity index (χ0v) is 14.8. The fraction of sp³-hybridized carbons (Fsp3) is 0.211. The molecular formula is C19H16Cl2N2O2. The van der Waals surface area contributed by atoms with Crippen molar-refractivity contribution in [2.45, 2.75) is 18.4 Å². The number of nitrogens with zero attached hydrogens (tertiary/aromatic N) is 2. The Labute approximate surface area is 155 Å². The van der Waals surface area contributed by atoms with Gasteiger partial charge in [-0.25, -0.2) is 4.98 Å². The predicted molar refractivity (Wildman–Crippen MR) is 96.6 cm³/mol. The van der Waals surface area contributed by atoms with E-state index in [1.54, 1.807) is 12.5 Å². The lowest BCUT2D eigenvalue weighted by molar-refractivity contribution is -0.187. The molecule has 2 atom stereocenters. The van der Waals surface area contributed by atoms with E-state index >= 15 is 0 Å². The van der Waals surface area contributed by atoms with Crippen LogP contribution in [0.2, 0.25) is 10.0 Å². The summed E-state index contributed by atoms with van der Waals surface area (Å²) < 4.78 is 14.5. The van der Waals surface area contributed by atoms with Crippen LogP contribution in [0, 0.1) is 0 Å². The molecule has 1 fully saturated rings. The molecule has 0 aliphatic carbocycles. The molecule has 0 radical (unpaired) electrons. The van der Waals surface area contributed by atoms with Crippen LogP contribution >= 0.6 is 23.2 Å². The molecule has 1 aliphatic rings. The fourth-order valence-corrected chi connectivity index (χ4v) is 3.43. The second-order valence-electron chi connectivity index (χ2n) is 5.93. The van der Waals surface area contributed by atoms with Crippen LogP contribution in [0.3, 0.4) is 0 Å². The van der Waals surface area contributed by atoms with Gasteiger partial charge in [-0.05, 0) is 18.2 Å². The highest BCUT2D eigenvalue weighted by Gasteiger charge is 2.44. The number of halogens is 2. The third-order valence-corrected chi connectivity index (χ3v) is 4.88. The van der Waals surface area contributed by atoms with Gasteiger partial charge >= 0.3 is 0 Å². The number of hydrogen-bond acceptors (Lipinski definition) is 3. The normalized spacial score (nSPS) is 23.0. The molecule has 2 aromatic carbocycles. The smallest absolute Gasteiger partial charge is 0.214 e. The van der Waals surface area contributed by atoms with Crippen molar-refractivity contribution in [2.24, 2.45) is 0 Å². The Morgan fingerprint density at radius 1 is 1.12 bits per heavy atom. The van der Waals surface area contributed by atoms with E-state index in [4.69, 9.17) is 32.7 Å². The Balaban J connectivity index is 1.70. The van der Waals surface area contributed by atoms with Crippen LogP contribution in [0.5, 0.6) is 0 Å². The molecule has 2 unspecified atom stereocenters. The minimum absolute atomic E-state index is 0.243. The maximum absolute atomic E-state index is 6.42. The van der Waals surface area contributed by atoms with E-state index < -0.39 is 5.79 Å². The van der Waals surface area contributed by atoms with Crippen molar-refractivity contribution in [1.82, 2.24) is 9.55 Å². The van der Waals surface area contributed by atoms with Gasteiger partial charge in [0.2, 0.25) is 5.79 Å². The molecule has 1 aromatic heterocycles. The second kappa shape index (κ2) is 6.81. The lowest BCUT2D eigenvalue weighted by atomic mass is 10.1. The molecule has 6 heteroatoms. The van der Waals surface area contributed by atoms with Crippen molar-refractivity contribution < 1.29 is 9.47 Å². The maximum Gasteiger partial charge on any atom is 0.214 e. The summed E-state index contributed by atoms with van der Waals surface area (Å²) in [5, 5.41) is 1.34. The SMILES string of the molecule is Clc1ccc(C2(Cn3ccnc3)OCC(c3ccccc3Cl)O2)cc1. The van der Waals surface area contributed by atoms with Crippen LogP contribution in [0.15, 0.2) is 67.3 Å². The molecule has 2 heterocycles. The molecule has 0 spiro atoms.